The second-order valence-electron chi connectivity index (χ2n) is 5.35. The van der Waals surface area contributed by atoms with Gasteiger partial charge in [0.1, 0.15) is 6.04 Å². The Morgan fingerprint density at radius 1 is 1.48 bits per heavy atom. The van der Waals surface area contributed by atoms with Crippen LogP contribution in [-0.2, 0) is 26.3 Å². The molecule has 0 spiro atoms. The van der Waals surface area contributed by atoms with E-state index in [2.05, 4.69) is 5.32 Å². The molecule has 25 heavy (non-hydrogen) atoms. The standard InChI is InChI=1S/C14H18ClN3O5S2/c1-24-7-6-11(14(20)21)16-12-13(19)17-25(22,23)18(12)8-9-4-2-3-5-10(9)15/h2-5,11-12,16H,6-8H2,1H3,(H,17,19)(H,20,21)/t11-,12+/m0/s1. The summed E-state index contributed by atoms with van der Waals surface area (Å²) in [6.45, 7) is -0.159. The highest BCUT2D eigenvalue weighted by molar-refractivity contribution is 7.98. The van der Waals surface area contributed by atoms with E-state index >= 15 is 0 Å². The number of rotatable bonds is 8. The maximum atomic E-state index is 12.2. The molecule has 1 saturated heterocycles. The molecule has 3 N–H and O–H groups in total. The van der Waals surface area contributed by atoms with Crippen LogP contribution in [0.2, 0.25) is 5.02 Å². The van der Waals surface area contributed by atoms with Crippen LogP contribution in [0.3, 0.4) is 0 Å². The van der Waals surface area contributed by atoms with Crippen molar-refractivity contribution in [1.82, 2.24) is 14.3 Å². The second-order valence-corrected chi connectivity index (χ2v) is 8.37. The summed E-state index contributed by atoms with van der Waals surface area (Å²) in [6.07, 6.45) is 0.763. The Balaban J connectivity index is 2.25. The van der Waals surface area contributed by atoms with Crippen LogP contribution in [0, 0.1) is 0 Å². The average molecular weight is 408 g/mol. The van der Waals surface area contributed by atoms with Gasteiger partial charge in [-0.3, -0.25) is 14.9 Å². The maximum absolute atomic E-state index is 12.2. The predicted octanol–water partition coefficient (Wildman–Crippen LogP) is 0.639. The van der Waals surface area contributed by atoms with Gasteiger partial charge in [0.2, 0.25) is 0 Å². The molecule has 0 bridgehead atoms. The van der Waals surface area contributed by atoms with Gasteiger partial charge in [-0.15, -0.1) is 0 Å². The van der Waals surface area contributed by atoms with Gasteiger partial charge in [0.25, 0.3) is 5.91 Å². The van der Waals surface area contributed by atoms with Gasteiger partial charge in [-0.1, -0.05) is 29.8 Å². The fourth-order valence-electron chi connectivity index (χ4n) is 2.35. The Hall–Kier alpha value is -1.33. The van der Waals surface area contributed by atoms with Crippen molar-refractivity contribution in [3.63, 3.8) is 0 Å². The monoisotopic (exact) mass is 407 g/mol. The Kier molecular flexibility index (Phi) is 6.69. The van der Waals surface area contributed by atoms with Crippen molar-refractivity contribution in [2.45, 2.75) is 25.2 Å². The molecule has 0 aromatic heterocycles. The second kappa shape index (κ2) is 8.37. The number of carboxylic acid groups (broad SMARTS) is 1. The molecule has 2 rings (SSSR count). The van der Waals surface area contributed by atoms with Crippen molar-refractivity contribution >= 4 is 45.4 Å². The highest BCUT2D eigenvalue weighted by Crippen LogP contribution is 2.22. The number of nitrogens with zero attached hydrogens (tertiary/aromatic N) is 1. The van der Waals surface area contributed by atoms with Gasteiger partial charge in [0.05, 0.1) is 0 Å². The van der Waals surface area contributed by atoms with E-state index in [1.807, 2.05) is 11.0 Å². The minimum Gasteiger partial charge on any atom is -0.480 e. The van der Waals surface area contributed by atoms with Crippen LogP contribution in [0.25, 0.3) is 0 Å². The summed E-state index contributed by atoms with van der Waals surface area (Å²) >= 11 is 7.52. The lowest BCUT2D eigenvalue weighted by molar-refractivity contribution is -0.140. The van der Waals surface area contributed by atoms with Gasteiger partial charge in [-0.05, 0) is 30.1 Å². The highest BCUT2D eigenvalue weighted by Gasteiger charge is 2.45. The first-order valence-electron chi connectivity index (χ1n) is 7.31. The quantitative estimate of drug-likeness (QED) is 0.579. The number of hydrogen-bond donors (Lipinski definition) is 3. The van der Waals surface area contributed by atoms with Crippen molar-refractivity contribution in [2.75, 3.05) is 12.0 Å². The molecule has 8 nitrogen and oxygen atoms in total. The molecular formula is C14H18ClN3O5S2. The van der Waals surface area contributed by atoms with E-state index in [0.29, 0.717) is 16.3 Å². The molecule has 1 fully saturated rings. The third kappa shape index (κ3) is 4.85. The van der Waals surface area contributed by atoms with Crippen LogP contribution < -0.4 is 10.0 Å². The minimum absolute atomic E-state index is 0.159. The molecule has 1 amide bonds. The minimum atomic E-state index is -4.08. The Morgan fingerprint density at radius 3 is 2.76 bits per heavy atom. The summed E-state index contributed by atoms with van der Waals surface area (Å²) in [7, 11) is -4.08. The van der Waals surface area contributed by atoms with Crippen molar-refractivity contribution in [3.8, 4) is 0 Å². The first kappa shape index (κ1) is 20.0. The van der Waals surface area contributed by atoms with E-state index in [1.54, 1.807) is 24.3 Å². The average Bonchev–Trinajstić information content (AvgIpc) is 2.74. The molecule has 0 radical (unpaired) electrons. The zero-order chi connectivity index (χ0) is 18.6. The van der Waals surface area contributed by atoms with E-state index in [9.17, 15) is 23.1 Å². The maximum Gasteiger partial charge on any atom is 0.320 e. The number of carbonyl (C=O) groups excluding carboxylic acids is 1. The first-order valence-corrected chi connectivity index (χ1v) is 10.5. The molecule has 1 heterocycles. The van der Waals surface area contributed by atoms with Gasteiger partial charge < -0.3 is 5.11 Å². The number of nitrogens with one attached hydrogen (secondary N) is 2. The molecule has 1 aromatic carbocycles. The molecule has 1 aromatic rings. The lowest BCUT2D eigenvalue weighted by atomic mass is 10.2. The molecule has 138 valence electrons. The van der Waals surface area contributed by atoms with Gasteiger partial charge in [0.15, 0.2) is 6.17 Å². The van der Waals surface area contributed by atoms with Gasteiger partial charge in [0, 0.05) is 11.6 Å². The Morgan fingerprint density at radius 2 is 2.16 bits per heavy atom. The van der Waals surface area contributed by atoms with Crippen molar-refractivity contribution in [2.24, 2.45) is 0 Å². The molecular weight excluding hydrogens is 390 g/mol. The van der Waals surface area contributed by atoms with Crippen molar-refractivity contribution in [3.05, 3.63) is 34.9 Å². The highest BCUT2D eigenvalue weighted by atomic mass is 35.5. The van der Waals surface area contributed by atoms with Crippen LogP contribution >= 0.6 is 23.4 Å². The Labute approximate surface area is 155 Å². The van der Waals surface area contributed by atoms with Gasteiger partial charge in [-0.2, -0.15) is 24.5 Å². The fraction of sp³-hybridized carbons (Fsp3) is 0.429. The third-order valence-electron chi connectivity index (χ3n) is 3.63. The molecule has 0 aliphatic carbocycles. The summed E-state index contributed by atoms with van der Waals surface area (Å²) in [5.41, 5.74) is 0.507. The number of carbonyl (C=O) groups is 2. The number of carboxylic acids is 1. The largest absolute Gasteiger partial charge is 0.480 e. The van der Waals surface area contributed by atoms with E-state index in [1.165, 1.54) is 11.8 Å². The smallest absolute Gasteiger partial charge is 0.320 e. The summed E-state index contributed by atoms with van der Waals surface area (Å²) in [6, 6.07) is 5.59. The van der Waals surface area contributed by atoms with Crippen LogP contribution in [0.4, 0.5) is 0 Å². The predicted molar refractivity (Wildman–Crippen MR) is 95.4 cm³/mol. The van der Waals surface area contributed by atoms with Crippen LogP contribution in [0.1, 0.15) is 12.0 Å². The topological polar surface area (TPSA) is 116 Å². The molecule has 1 aliphatic heterocycles. The summed E-state index contributed by atoms with van der Waals surface area (Å²) in [5, 5.41) is 12.3. The number of halogens is 1. The lowest BCUT2D eigenvalue weighted by Crippen LogP contribution is -2.52. The number of benzene rings is 1. The molecule has 11 heteroatoms. The number of aliphatic carboxylic acids is 1. The van der Waals surface area contributed by atoms with E-state index in [-0.39, 0.29) is 13.0 Å². The molecule has 0 unspecified atom stereocenters. The van der Waals surface area contributed by atoms with Crippen LogP contribution in [-0.4, -0.2) is 53.9 Å². The fourth-order valence-corrected chi connectivity index (χ4v) is 4.24. The molecule has 2 atom stereocenters. The van der Waals surface area contributed by atoms with Crippen molar-refractivity contribution in [1.29, 1.82) is 0 Å². The summed E-state index contributed by atoms with van der Waals surface area (Å²) in [5.74, 6) is -1.42. The summed E-state index contributed by atoms with van der Waals surface area (Å²) < 4.78 is 27.2. The van der Waals surface area contributed by atoms with E-state index < -0.39 is 34.3 Å². The van der Waals surface area contributed by atoms with Crippen LogP contribution in [0.5, 0.6) is 0 Å². The first-order chi connectivity index (χ1) is 11.8. The molecule has 1 aliphatic rings. The SMILES string of the molecule is CSCC[C@H](N[C@H]1C(=O)NS(=O)(=O)N1Cc1ccccc1Cl)C(=O)O. The van der Waals surface area contributed by atoms with Gasteiger partial charge >= 0.3 is 16.2 Å². The van der Waals surface area contributed by atoms with E-state index in [4.69, 9.17) is 11.6 Å². The zero-order valence-corrected chi connectivity index (χ0v) is 15.7. The lowest BCUT2D eigenvalue weighted by Gasteiger charge is -2.24. The number of amides is 1. The molecule has 0 saturated carbocycles. The normalized spacial score (nSPS) is 21.0. The van der Waals surface area contributed by atoms with Crippen LogP contribution in [0.15, 0.2) is 24.3 Å². The van der Waals surface area contributed by atoms with Crippen molar-refractivity contribution < 1.29 is 23.1 Å². The number of thioether (sulfide) groups is 1. The number of hydrogen-bond acceptors (Lipinski definition) is 6. The zero-order valence-electron chi connectivity index (χ0n) is 13.3. The summed E-state index contributed by atoms with van der Waals surface area (Å²) in [4.78, 5) is 23.5. The van der Waals surface area contributed by atoms with E-state index in [0.717, 1.165) is 4.31 Å². The van der Waals surface area contributed by atoms with Gasteiger partial charge in [-0.25, -0.2) is 4.72 Å². The Bertz CT molecular complexity index is 759. The third-order valence-corrected chi connectivity index (χ3v) is 6.06.